The average molecular weight is 280 g/mol. The van der Waals surface area contributed by atoms with Gasteiger partial charge in [0.25, 0.3) is 0 Å². The van der Waals surface area contributed by atoms with Gasteiger partial charge in [-0.1, -0.05) is 19.8 Å². The van der Waals surface area contributed by atoms with Crippen molar-refractivity contribution in [2.45, 2.75) is 60.0 Å². The van der Waals surface area contributed by atoms with Gasteiger partial charge in [0.1, 0.15) is 0 Å². The first-order valence-electron chi connectivity index (χ1n) is 6.96. The zero-order valence-corrected chi connectivity index (χ0v) is 13.1. The molecule has 0 aliphatic carbocycles. The number of unbranched alkanes of at least 4 members (excludes halogenated alkanes) is 2. The van der Waals surface area contributed by atoms with E-state index in [1.54, 1.807) is 0 Å². The first-order valence-corrected chi connectivity index (χ1v) is 6.96. The van der Waals surface area contributed by atoms with E-state index >= 15 is 0 Å². The highest BCUT2D eigenvalue weighted by atomic mass is 16.5. The van der Waals surface area contributed by atoms with Crippen LogP contribution in [0.3, 0.4) is 0 Å². The lowest BCUT2D eigenvalue weighted by Gasteiger charge is -1.98. The monoisotopic (exact) mass is 280 g/mol. The van der Waals surface area contributed by atoms with Crippen LogP contribution in [-0.2, 0) is 14.3 Å². The highest BCUT2D eigenvalue weighted by Gasteiger charge is 1.89. The fourth-order valence-electron chi connectivity index (χ4n) is 0.772. The van der Waals surface area contributed by atoms with E-state index < -0.39 is 6.10 Å². The molecule has 5 heteroatoms. The van der Waals surface area contributed by atoms with E-state index in [1.165, 1.54) is 20.3 Å². The molecule has 0 amide bonds. The molecule has 1 unspecified atom stereocenters. The Labute approximate surface area is 117 Å². The van der Waals surface area contributed by atoms with Crippen molar-refractivity contribution in [3.63, 3.8) is 0 Å². The average Bonchev–Trinajstić information content (AvgIpc) is 2.37. The summed E-state index contributed by atoms with van der Waals surface area (Å²) < 4.78 is 9.54. The van der Waals surface area contributed by atoms with Gasteiger partial charge >= 0.3 is 5.97 Å². The standard InChI is InChI=1S/C7H14O2.C4H10O.C3H8O2/c1-3-4-5-6-9-7(2)8;1-3-5-4-2;1-3(5)2-4/h3-6H2,1-2H3;3-4H2,1-2H3;3-5H,2H2,1H3. The number of aliphatic hydroxyl groups excluding tert-OH is 2. The Morgan fingerprint density at radius 3 is 1.84 bits per heavy atom. The second-order valence-electron chi connectivity index (χ2n) is 3.86. The maximum absolute atomic E-state index is 10.2. The zero-order chi connectivity index (χ0) is 15.5. The third-order valence-corrected chi connectivity index (χ3v) is 1.73. The Kier molecular flexibility index (Phi) is 27.8. The smallest absolute Gasteiger partial charge is 0.302 e. The summed E-state index contributed by atoms with van der Waals surface area (Å²) in [5.74, 6) is -0.175. The third-order valence-electron chi connectivity index (χ3n) is 1.73. The van der Waals surface area contributed by atoms with Crippen molar-refractivity contribution >= 4 is 5.97 Å². The van der Waals surface area contributed by atoms with Gasteiger partial charge in [-0.2, -0.15) is 0 Å². The molecule has 0 heterocycles. The predicted molar refractivity (Wildman–Crippen MR) is 77.1 cm³/mol. The summed E-state index contributed by atoms with van der Waals surface area (Å²) in [6.45, 7) is 11.2. The second-order valence-corrected chi connectivity index (χ2v) is 3.86. The number of rotatable bonds is 7. The van der Waals surface area contributed by atoms with Gasteiger partial charge in [0.15, 0.2) is 0 Å². The molecule has 0 aromatic heterocycles. The first kappa shape index (κ1) is 23.4. The summed E-state index contributed by atoms with van der Waals surface area (Å²) in [7, 11) is 0. The Balaban J connectivity index is -0.000000219. The van der Waals surface area contributed by atoms with Crippen LogP contribution in [0.4, 0.5) is 0 Å². The van der Waals surface area contributed by atoms with Gasteiger partial charge in [-0.15, -0.1) is 0 Å². The molecule has 0 aromatic carbocycles. The molecule has 0 radical (unpaired) electrons. The number of carbonyl (C=O) groups excluding carboxylic acids is 1. The van der Waals surface area contributed by atoms with Crippen LogP contribution < -0.4 is 0 Å². The van der Waals surface area contributed by atoms with Crippen LogP contribution >= 0.6 is 0 Å². The van der Waals surface area contributed by atoms with Crippen LogP contribution in [0, 0.1) is 0 Å². The fourth-order valence-corrected chi connectivity index (χ4v) is 0.772. The van der Waals surface area contributed by atoms with Crippen molar-refractivity contribution in [2.24, 2.45) is 0 Å². The highest BCUT2D eigenvalue weighted by Crippen LogP contribution is 1.93. The van der Waals surface area contributed by atoms with E-state index in [4.69, 9.17) is 19.7 Å². The van der Waals surface area contributed by atoms with Gasteiger partial charge < -0.3 is 19.7 Å². The molecule has 0 aliphatic rings. The Morgan fingerprint density at radius 2 is 1.63 bits per heavy atom. The summed E-state index contributed by atoms with van der Waals surface area (Å²) in [4.78, 5) is 10.2. The normalized spacial score (nSPS) is 10.5. The van der Waals surface area contributed by atoms with E-state index in [-0.39, 0.29) is 12.6 Å². The van der Waals surface area contributed by atoms with Crippen LogP contribution in [0.1, 0.15) is 53.9 Å². The topological polar surface area (TPSA) is 76.0 Å². The molecule has 1 atom stereocenters. The van der Waals surface area contributed by atoms with Gasteiger partial charge in [-0.25, -0.2) is 0 Å². The second kappa shape index (κ2) is 22.5. The molecule has 19 heavy (non-hydrogen) atoms. The summed E-state index contributed by atoms with van der Waals surface area (Å²) >= 11 is 0. The molecule has 0 spiro atoms. The number of hydrogen-bond acceptors (Lipinski definition) is 5. The number of ether oxygens (including phenoxy) is 2. The quantitative estimate of drug-likeness (QED) is 0.552. The highest BCUT2D eigenvalue weighted by molar-refractivity contribution is 5.65. The van der Waals surface area contributed by atoms with Crippen LogP contribution in [0.25, 0.3) is 0 Å². The Morgan fingerprint density at radius 1 is 1.16 bits per heavy atom. The number of esters is 1. The molecule has 118 valence electrons. The van der Waals surface area contributed by atoms with Crippen molar-refractivity contribution < 1.29 is 24.5 Å². The summed E-state index contributed by atoms with van der Waals surface area (Å²) in [6.07, 6.45) is 2.75. The summed E-state index contributed by atoms with van der Waals surface area (Å²) in [5.41, 5.74) is 0. The SMILES string of the molecule is CC(O)CO.CCCCCOC(C)=O.CCOCC. The lowest BCUT2D eigenvalue weighted by atomic mass is 10.3. The zero-order valence-electron chi connectivity index (χ0n) is 13.1. The largest absolute Gasteiger partial charge is 0.466 e. The van der Waals surface area contributed by atoms with Crippen LogP contribution in [-0.4, -0.2) is 48.7 Å². The number of carbonyl (C=O) groups is 1. The molecular weight excluding hydrogens is 248 g/mol. The first-order chi connectivity index (χ1) is 8.95. The molecule has 5 nitrogen and oxygen atoms in total. The predicted octanol–water partition coefficient (Wildman–Crippen LogP) is 2.14. The van der Waals surface area contributed by atoms with Gasteiger partial charge in [0.2, 0.25) is 0 Å². The fraction of sp³-hybridized carbons (Fsp3) is 0.929. The molecular formula is C14H32O5. The Hall–Kier alpha value is -0.650. The van der Waals surface area contributed by atoms with Gasteiger partial charge in [0, 0.05) is 20.1 Å². The van der Waals surface area contributed by atoms with E-state index in [9.17, 15) is 4.79 Å². The van der Waals surface area contributed by atoms with Gasteiger partial charge in [-0.3, -0.25) is 4.79 Å². The summed E-state index contributed by atoms with van der Waals surface area (Å²) in [6, 6.07) is 0. The number of aliphatic hydroxyl groups is 2. The molecule has 0 saturated carbocycles. The summed E-state index contributed by atoms with van der Waals surface area (Å²) in [5, 5.41) is 16.0. The number of hydrogen-bond donors (Lipinski definition) is 2. The minimum absolute atomic E-state index is 0.139. The molecule has 0 rings (SSSR count). The van der Waals surface area contributed by atoms with Gasteiger partial charge in [-0.05, 0) is 27.2 Å². The van der Waals surface area contributed by atoms with Crippen LogP contribution in [0.2, 0.25) is 0 Å². The van der Waals surface area contributed by atoms with E-state index in [2.05, 4.69) is 6.92 Å². The van der Waals surface area contributed by atoms with Crippen molar-refractivity contribution in [3.8, 4) is 0 Å². The minimum atomic E-state index is -0.560. The van der Waals surface area contributed by atoms with Crippen molar-refractivity contribution in [2.75, 3.05) is 26.4 Å². The maximum atomic E-state index is 10.2. The van der Waals surface area contributed by atoms with Crippen LogP contribution in [0.5, 0.6) is 0 Å². The lowest BCUT2D eigenvalue weighted by Crippen LogP contribution is -2.03. The molecule has 0 aromatic rings. The van der Waals surface area contributed by atoms with Crippen molar-refractivity contribution in [3.05, 3.63) is 0 Å². The van der Waals surface area contributed by atoms with Crippen molar-refractivity contribution in [1.29, 1.82) is 0 Å². The molecule has 0 fully saturated rings. The minimum Gasteiger partial charge on any atom is -0.466 e. The Bertz CT molecular complexity index is 158. The molecule has 0 saturated heterocycles. The van der Waals surface area contributed by atoms with Crippen molar-refractivity contribution in [1.82, 2.24) is 0 Å². The molecule has 0 bridgehead atoms. The van der Waals surface area contributed by atoms with Crippen LogP contribution in [0.15, 0.2) is 0 Å². The molecule has 2 N–H and O–H groups in total. The van der Waals surface area contributed by atoms with Gasteiger partial charge in [0.05, 0.1) is 19.3 Å². The van der Waals surface area contributed by atoms with E-state index in [0.717, 1.165) is 26.1 Å². The van der Waals surface area contributed by atoms with E-state index in [1.807, 2.05) is 13.8 Å². The third kappa shape index (κ3) is 46.8. The maximum Gasteiger partial charge on any atom is 0.302 e. The molecule has 0 aliphatic heterocycles. The lowest BCUT2D eigenvalue weighted by molar-refractivity contribution is -0.141. The van der Waals surface area contributed by atoms with E-state index in [0.29, 0.717) is 6.61 Å².